The monoisotopic (exact) mass is 437 g/mol. The second-order valence-corrected chi connectivity index (χ2v) is 9.10. The van der Waals surface area contributed by atoms with Crippen LogP contribution in [0, 0.1) is 5.82 Å². The second kappa shape index (κ2) is 9.34. The van der Waals surface area contributed by atoms with Crippen molar-refractivity contribution in [2.24, 2.45) is 0 Å². The number of piperidine rings is 1. The zero-order valence-corrected chi connectivity index (χ0v) is 18.8. The SMILES string of the molecule is CSc1ccc(-c2noc([C@@H](C)OC3CCN(C(=O)OC(C)(C)C)CC3)n2)cc1F. The molecule has 7 nitrogen and oxygen atoms in total. The molecule has 0 spiro atoms. The molecular formula is C21H28FN3O4S. The van der Waals surface area contributed by atoms with E-state index in [1.54, 1.807) is 17.0 Å². The minimum Gasteiger partial charge on any atom is -0.444 e. The molecule has 0 unspecified atom stereocenters. The molecule has 0 aliphatic carbocycles. The summed E-state index contributed by atoms with van der Waals surface area (Å²) < 4.78 is 30.8. The first-order valence-corrected chi connectivity index (χ1v) is 11.2. The van der Waals surface area contributed by atoms with Gasteiger partial charge in [-0.25, -0.2) is 9.18 Å². The number of halogens is 1. The van der Waals surface area contributed by atoms with Crippen molar-refractivity contribution in [3.63, 3.8) is 0 Å². The molecular weight excluding hydrogens is 409 g/mol. The van der Waals surface area contributed by atoms with Gasteiger partial charge in [-0.3, -0.25) is 0 Å². The summed E-state index contributed by atoms with van der Waals surface area (Å²) >= 11 is 1.34. The van der Waals surface area contributed by atoms with Gasteiger partial charge in [0.25, 0.3) is 5.89 Å². The maximum Gasteiger partial charge on any atom is 0.410 e. The lowest BCUT2D eigenvalue weighted by atomic mass is 10.1. The molecule has 1 amide bonds. The number of carbonyl (C=O) groups excluding carboxylic acids is 1. The fraction of sp³-hybridized carbons (Fsp3) is 0.571. The number of ether oxygens (including phenoxy) is 2. The average molecular weight is 438 g/mol. The Bertz CT molecular complexity index is 875. The lowest BCUT2D eigenvalue weighted by Gasteiger charge is -2.34. The third-order valence-corrected chi connectivity index (χ3v) is 5.46. The van der Waals surface area contributed by atoms with Gasteiger partial charge in [-0.1, -0.05) is 5.16 Å². The Morgan fingerprint density at radius 2 is 2.03 bits per heavy atom. The van der Waals surface area contributed by atoms with Crippen molar-refractivity contribution in [2.45, 2.75) is 63.2 Å². The molecule has 0 saturated carbocycles. The minimum atomic E-state index is -0.507. The molecule has 1 aliphatic rings. The number of benzene rings is 1. The highest BCUT2D eigenvalue weighted by Crippen LogP contribution is 2.27. The Labute approximate surface area is 180 Å². The molecule has 1 aromatic heterocycles. The Hall–Kier alpha value is -2.13. The predicted octanol–water partition coefficient (Wildman–Crippen LogP) is 5.07. The summed E-state index contributed by atoms with van der Waals surface area (Å²) in [6.45, 7) is 8.55. The van der Waals surface area contributed by atoms with Crippen LogP contribution in [0.1, 0.15) is 52.5 Å². The maximum absolute atomic E-state index is 14.0. The van der Waals surface area contributed by atoms with Gasteiger partial charge in [0.15, 0.2) is 0 Å². The standard InChI is InChI=1S/C21H28FN3O4S/c1-13(27-15-8-10-25(11-9-15)20(26)28-21(2,3)4)19-23-18(24-29-19)14-6-7-17(30-5)16(22)12-14/h6-7,12-13,15H,8-11H2,1-5H3/t13-/m1/s1. The highest BCUT2D eigenvalue weighted by molar-refractivity contribution is 7.98. The molecule has 0 N–H and O–H groups in total. The third kappa shape index (κ3) is 5.72. The smallest absolute Gasteiger partial charge is 0.410 e. The van der Waals surface area contributed by atoms with Gasteiger partial charge in [0.2, 0.25) is 5.82 Å². The summed E-state index contributed by atoms with van der Waals surface area (Å²) in [4.78, 5) is 18.8. The van der Waals surface area contributed by atoms with Crippen molar-refractivity contribution in [1.82, 2.24) is 15.0 Å². The van der Waals surface area contributed by atoms with Gasteiger partial charge >= 0.3 is 6.09 Å². The van der Waals surface area contributed by atoms with Gasteiger partial charge in [0.1, 0.15) is 17.5 Å². The molecule has 0 bridgehead atoms. The van der Waals surface area contributed by atoms with Crippen LogP contribution in [0.25, 0.3) is 11.4 Å². The van der Waals surface area contributed by atoms with E-state index < -0.39 is 11.7 Å². The van der Waals surface area contributed by atoms with E-state index in [0.717, 1.165) is 0 Å². The molecule has 1 saturated heterocycles. The lowest BCUT2D eigenvalue weighted by molar-refractivity contribution is -0.0509. The second-order valence-electron chi connectivity index (χ2n) is 8.25. The number of rotatable bonds is 5. The summed E-state index contributed by atoms with van der Waals surface area (Å²) in [7, 11) is 0. The number of hydrogen-bond donors (Lipinski definition) is 0. The van der Waals surface area contributed by atoms with Crippen LogP contribution in [-0.2, 0) is 9.47 Å². The minimum absolute atomic E-state index is 0.0210. The van der Waals surface area contributed by atoms with Crippen molar-refractivity contribution in [3.05, 3.63) is 29.9 Å². The van der Waals surface area contributed by atoms with E-state index >= 15 is 0 Å². The number of aromatic nitrogens is 2. The molecule has 2 heterocycles. The zero-order chi connectivity index (χ0) is 21.9. The first-order valence-electron chi connectivity index (χ1n) is 9.97. The van der Waals surface area contributed by atoms with E-state index in [-0.39, 0.29) is 18.0 Å². The summed E-state index contributed by atoms with van der Waals surface area (Å²) in [5, 5.41) is 3.96. The van der Waals surface area contributed by atoms with Gasteiger partial charge in [-0.05, 0) is 65.0 Å². The summed E-state index contributed by atoms with van der Waals surface area (Å²) in [5.41, 5.74) is 0.0471. The Kier molecular flexibility index (Phi) is 7.02. The van der Waals surface area contributed by atoms with E-state index in [2.05, 4.69) is 10.1 Å². The predicted molar refractivity (Wildman–Crippen MR) is 112 cm³/mol. The van der Waals surface area contributed by atoms with E-state index in [1.807, 2.05) is 34.0 Å². The quantitative estimate of drug-likeness (QED) is 0.604. The number of nitrogens with zero attached hydrogens (tertiary/aromatic N) is 3. The lowest BCUT2D eigenvalue weighted by Crippen LogP contribution is -2.43. The van der Waals surface area contributed by atoms with Crippen molar-refractivity contribution in [1.29, 1.82) is 0 Å². The fourth-order valence-electron chi connectivity index (χ4n) is 3.17. The Morgan fingerprint density at radius 1 is 1.33 bits per heavy atom. The van der Waals surface area contributed by atoms with Crippen molar-refractivity contribution < 1.29 is 23.2 Å². The number of carbonyl (C=O) groups is 1. The first-order chi connectivity index (χ1) is 14.2. The molecule has 2 aromatic rings. The van der Waals surface area contributed by atoms with Crippen LogP contribution in [0.4, 0.5) is 9.18 Å². The van der Waals surface area contributed by atoms with Crippen LogP contribution in [-0.4, -0.2) is 52.2 Å². The normalized spacial score (nSPS) is 16.5. The maximum atomic E-state index is 14.0. The average Bonchev–Trinajstić information content (AvgIpc) is 3.17. The van der Waals surface area contributed by atoms with Crippen LogP contribution in [0.3, 0.4) is 0 Å². The van der Waals surface area contributed by atoms with Gasteiger partial charge in [0.05, 0.1) is 6.10 Å². The molecule has 1 aromatic carbocycles. The molecule has 30 heavy (non-hydrogen) atoms. The van der Waals surface area contributed by atoms with E-state index in [1.165, 1.54) is 17.8 Å². The van der Waals surface area contributed by atoms with Crippen LogP contribution in [0.15, 0.2) is 27.6 Å². The molecule has 3 rings (SSSR count). The Balaban J connectivity index is 1.54. The summed E-state index contributed by atoms with van der Waals surface area (Å²) in [6, 6.07) is 4.86. The van der Waals surface area contributed by atoms with Crippen molar-refractivity contribution in [2.75, 3.05) is 19.3 Å². The molecule has 1 fully saturated rings. The highest BCUT2D eigenvalue weighted by atomic mass is 32.2. The van der Waals surface area contributed by atoms with Crippen LogP contribution in [0.5, 0.6) is 0 Å². The van der Waals surface area contributed by atoms with E-state index in [0.29, 0.717) is 48.1 Å². The van der Waals surface area contributed by atoms with Crippen LogP contribution < -0.4 is 0 Å². The number of hydrogen-bond acceptors (Lipinski definition) is 7. The van der Waals surface area contributed by atoms with Crippen LogP contribution >= 0.6 is 11.8 Å². The summed E-state index contributed by atoms with van der Waals surface area (Å²) in [5.74, 6) is 0.355. The van der Waals surface area contributed by atoms with Gasteiger partial charge in [-0.2, -0.15) is 4.98 Å². The van der Waals surface area contributed by atoms with Crippen molar-refractivity contribution >= 4 is 17.9 Å². The highest BCUT2D eigenvalue weighted by Gasteiger charge is 2.29. The fourth-order valence-corrected chi connectivity index (χ4v) is 3.63. The molecule has 0 radical (unpaired) electrons. The molecule has 1 aliphatic heterocycles. The number of likely N-dealkylation sites (tertiary alicyclic amines) is 1. The zero-order valence-electron chi connectivity index (χ0n) is 18.0. The molecule has 164 valence electrons. The molecule has 9 heteroatoms. The van der Waals surface area contributed by atoms with Gasteiger partial charge < -0.3 is 18.9 Å². The van der Waals surface area contributed by atoms with E-state index in [4.69, 9.17) is 14.0 Å². The van der Waals surface area contributed by atoms with Gasteiger partial charge in [-0.15, -0.1) is 11.8 Å². The summed E-state index contributed by atoms with van der Waals surface area (Å²) in [6.07, 6.45) is 2.50. The largest absolute Gasteiger partial charge is 0.444 e. The molecule has 1 atom stereocenters. The number of amides is 1. The third-order valence-electron chi connectivity index (χ3n) is 4.69. The van der Waals surface area contributed by atoms with Crippen molar-refractivity contribution in [3.8, 4) is 11.4 Å². The Morgan fingerprint density at radius 3 is 2.63 bits per heavy atom. The van der Waals surface area contributed by atoms with Gasteiger partial charge in [0, 0.05) is 23.5 Å². The first kappa shape index (κ1) is 22.6. The van der Waals surface area contributed by atoms with Crippen LogP contribution in [0.2, 0.25) is 0 Å². The number of thioether (sulfide) groups is 1. The topological polar surface area (TPSA) is 77.7 Å². The van der Waals surface area contributed by atoms with E-state index in [9.17, 15) is 9.18 Å².